The van der Waals surface area contributed by atoms with Gasteiger partial charge in [0.1, 0.15) is 11.1 Å². The van der Waals surface area contributed by atoms with Gasteiger partial charge < -0.3 is 10.6 Å². The Kier molecular flexibility index (Phi) is 6.63. The van der Waals surface area contributed by atoms with E-state index in [0.29, 0.717) is 0 Å². The number of carbonyl (C=O) groups is 2. The van der Waals surface area contributed by atoms with Gasteiger partial charge in [0.15, 0.2) is 11.6 Å². The first-order valence-electron chi connectivity index (χ1n) is 8.11. The zero-order valence-electron chi connectivity index (χ0n) is 14.8. The highest BCUT2D eigenvalue weighted by Crippen LogP contribution is 2.25. The summed E-state index contributed by atoms with van der Waals surface area (Å²) in [5.74, 6) is -3.93. The van der Waals surface area contributed by atoms with Crippen molar-refractivity contribution in [3.05, 3.63) is 68.7 Å². The molecule has 2 N–H and O–H groups in total. The SMILES string of the molecule is CC(C)[C@H](NC(=O)c1ccc(Cl)c([N+](=O)[O-])c1)C(=O)Nc1ccc(F)c(F)c1. The molecule has 0 saturated heterocycles. The second-order valence-electron chi connectivity index (χ2n) is 6.24. The van der Waals surface area contributed by atoms with Crippen molar-refractivity contribution < 1.29 is 23.3 Å². The van der Waals surface area contributed by atoms with Gasteiger partial charge in [0.2, 0.25) is 5.91 Å². The number of hydrogen-bond donors (Lipinski definition) is 2. The number of amides is 2. The van der Waals surface area contributed by atoms with Gasteiger partial charge >= 0.3 is 0 Å². The van der Waals surface area contributed by atoms with Crippen LogP contribution in [0.3, 0.4) is 0 Å². The molecule has 0 aromatic heterocycles. The molecule has 0 spiro atoms. The van der Waals surface area contributed by atoms with E-state index in [9.17, 15) is 28.5 Å². The highest BCUT2D eigenvalue weighted by Gasteiger charge is 2.26. The number of nitrogens with zero attached hydrogens (tertiary/aromatic N) is 1. The molecule has 148 valence electrons. The molecule has 2 rings (SSSR count). The first kappa shape index (κ1) is 21.2. The number of benzene rings is 2. The maximum Gasteiger partial charge on any atom is 0.288 e. The number of nitrogens with one attached hydrogen (secondary N) is 2. The molecule has 1 atom stereocenters. The molecule has 2 aromatic rings. The maximum atomic E-state index is 13.3. The smallest absolute Gasteiger partial charge is 0.288 e. The van der Waals surface area contributed by atoms with Gasteiger partial charge in [-0.25, -0.2) is 8.78 Å². The van der Waals surface area contributed by atoms with Crippen molar-refractivity contribution in [2.75, 3.05) is 5.32 Å². The van der Waals surface area contributed by atoms with Crippen molar-refractivity contribution in [3.8, 4) is 0 Å². The Hall–Kier alpha value is -3.07. The van der Waals surface area contributed by atoms with E-state index < -0.39 is 40.1 Å². The van der Waals surface area contributed by atoms with Gasteiger partial charge in [-0.1, -0.05) is 25.4 Å². The molecular weight excluding hydrogens is 396 g/mol. The fraction of sp³-hybridized carbons (Fsp3) is 0.222. The molecule has 0 aliphatic heterocycles. The van der Waals surface area contributed by atoms with Gasteiger partial charge in [-0.2, -0.15) is 0 Å². The van der Waals surface area contributed by atoms with Gasteiger partial charge in [-0.15, -0.1) is 0 Å². The third-order valence-electron chi connectivity index (χ3n) is 3.83. The van der Waals surface area contributed by atoms with Crippen molar-refractivity contribution in [1.82, 2.24) is 5.32 Å². The van der Waals surface area contributed by atoms with E-state index in [1.165, 1.54) is 18.2 Å². The van der Waals surface area contributed by atoms with Gasteiger partial charge in [0.25, 0.3) is 11.6 Å². The van der Waals surface area contributed by atoms with Crippen LogP contribution in [-0.2, 0) is 4.79 Å². The lowest BCUT2D eigenvalue weighted by atomic mass is 10.0. The van der Waals surface area contributed by atoms with Crippen molar-refractivity contribution >= 4 is 34.8 Å². The normalized spacial score (nSPS) is 11.8. The minimum absolute atomic E-state index is 0.0194. The van der Waals surface area contributed by atoms with Crippen molar-refractivity contribution in [3.63, 3.8) is 0 Å². The highest BCUT2D eigenvalue weighted by atomic mass is 35.5. The van der Waals surface area contributed by atoms with Crippen LogP contribution >= 0.6 is 11.6 Å². The zero-order chi connectivity index (χ0) is 21.0. The second-order valence-corrected chi connectivity index (χ2v) is 6.64. The molecule has 28 heavy (non-hydrogen) atoms. The predicted molar refractivity (Wildman–Crippen MR) is 99.2 cm³/mol. The standard InChI is InChI=1S/C18H16ClF2N3O4/c1-9(2)16(18(26)22-11-4-6-13(20)14(21)8-11)23-17(25)10-3-5-12(19)15(7-10)24(27)28/h3-9,16H,1-2H3,(H,22,26)(H,23,25)/t16-/m0/s1. The summed E-state index contributed by atoms with van der Waals surface area (Å²) in [4.78, 5) is 35.1. The highest BCUT2D eigenvalue weighted by molar-refractivity contribution is 6.32. The van der Waals surface area contributed by atoms with Crippen LogP contribution < -0.4 is 10.6 Å². The van der Waals surface area contributed by atoms with Crippen molar-refractivity contribution in [2.45, 2.75) is 19.9 Å². The van der Waals surface area contributed by atoms with Crippen LogP contribution in [0.5, 0.6) is 0 Å². The van der Waals surface area contributed by atoms with E-state index in [-0.39, 0.29) is 22.2 Å². The molecule has 0 fully saturated rings. The summed E-state index contributed by atoms with van der Waals surface area (Å²) in [5.41, 5.74) is -0.477. The number of carbonyl (C=O) groups excluding carboxylic acids is 2. The van der Waals surface area contributed by atoms with Gasteiger partial charge in [0, 0.05) is 23.4 Å². The number of rotatable bonds is 6. The minimum atomic E-state index is -1.13. The quantitative estimate of drug-likeness (QED) is 0.555. The number of hydrogen-bond acceptors (Lipinski definition) is 4. The third-order valence-corrected chi connectivity index (χ3v) is 4.15. The summed E-state index contributed by atoms with van der Waals surface area (Å²) in [7, 11) is 0. The van der Waals surface area contributed by atoms with Crippen LogP contribution in [0.2, 0.25) is 5.02 Å². The number of halogens is 3. The largest absolute Gasteiger partial charge is 0.340 e. The molecule has 0 saturated carbocycles. The lowest BCUT2D eigenvalue weighted by Gasteiger charge is -2.22. The molecule has 2 amide bonds. The molecule has 0 bridgehead atoms. The molecule has 0 aliphatic rings. The Morgan fingerprint density at radius 3 is 2.36 bits per heavy atom. The molecule has 0 unspecified atom stereocenters. The Morgan fingerprint density at radius 2 is 1.79 bits per heavy atom. The number of nitro benzene ring substituents is 1. The molecule has 7 nitrogen and oxygen atoms in total. The Bertz CT molecular complexity index is 937. The summed E-state index contributed by atoms with van der Waals surface area (Å²) in [5, 5.41) is 15.7. The number of nitro groups is 1. The second kappa shape index (κ2) is 8.75. The van der Waals surface area contributed by atoms with Crippen LogP contribution in [0.4, 0.5) is 20.2 Å². The maximum absolute atomic E-state index is 13.3. The van der Waals surface area contributed by atoms with Crippen molar-refractivity contribution in [1.29, 1.82) is 0 Å². The van der Waals surface area contributed by atoms with Gasteiger partial charge in [0.05, 0.1) is 4.92 Å². The third kappa shape index (κ3) is 5.01. The topological polar surface area (TPSA) is 101 Å². The summed E-state index contributed by atoms with van der Waals surface area (Å²) in [6.45, 7) is 3.33. The molecule has 10 heteroatoms. The molecule has 0 heterocycles. The van der Waals surface area contributed by atoms with E-state index in [0.717, 1.165) is 18.2 Å². The summed E-state index contributed by atoms with van der Waals surface area (Å²) in [6, 6.07) is 5.32. The minimum Gasteiger partial charge on any atom is -0.340 e. The molecule has 0 aliphatic carbocycles. The average Bonchev–Trinajstić information content (AvgIpc) is 2.62. The van der Waals surface area contributed by atoms with E-state index >= 15 is 0 Å². The van der Waals surface area contributed by atoms with Gasteiger partial charge in [-0.05, 0) is 30.2 Å². The van der Waals surface area contributed by atoms with E-state index in [4.69, 9.17) is 11.6 Å². The first-order valence-corrected chi connectivity index (χ1v) is 8.48. The van der Waals surface area contributed by atoms with E-state index in [2.05, 4.69) is 10.6 Å². The predicted octanol–water partition coefficient (Wildman–Crippen LogP) is 3.92. The van der Waals surface area contributed by atoms with Crippen molar-refractivity contribution in [2.24, 2.45) is 5.92 Å². The number of anilines is 1. The fourth-order valence-corrected chi connectivity index (χ4v) is 2.53. The van der Waals surface area contributed by atoms with E-state index in [1.807, 2.05) is 0 Å². The first-order chi connectivity index (χ1) is 13.1. The Morgan fingerprint density at radius 1 is 1.11 bits per heavy atom. The Balaban J connectivity index is 2.18. The summed E-state index contributed by atoms with van der Waals surface area (Å²) >= 11 is 5.72. The lowest BCUT2D eigenvalue weighted by Crippen LogP contribution is -2.47. The zero-order valence-corrected chi connectivity index (χ0v) is 15.6. The fourth-order valence-electron chi connectivity index (χ4n) is 2.35. The summed E-state index contributed by atoms with van der Waals surface area (Å²) < 4.78 is 26.3. The Labute approximate surface area is 163 Å². The van der Waals surface area contributed by atoms with Crippen LogP contribution in [0.15, 0.2) is 36.4 Å². The average molecular weight is 412 g/mol. The summed E-state index contributed by atoms with van der Waals surface area (Å²) in [6.07, 6.45) is 0. The van der Waals surface area contributed by atoms with Crippen LogP contribution in [0.1, 0.15) is 24.2 Å². The lowest BCUT2D eigenvalue weighted by molar-refractivity contribution is -0.384. The molecule has 2 aromatic carbocycles. The van der Waals surface area contributed by atoms with Gasteiger partial charge in [-0.3, -0.25) is 19.7 Å². The van der Waals surface area contributed by atoms with Crippen LogP contribution in [0.25, 0.3) is 0 Å². The van der Waals surface area contributed by atoms with Crippen LogP contribution in [0, 0.1) is 27.7 Å². The molecule has 0 radical (unpaired) electrons. The molecular formula is C18H16ClF2N3O4. The monoisotopic (exact) mass is 411 g/mol. The van der Waals surface area contributed by atoms with Crippen LogP contribution in [-0.4, -0.2) is 22.8 Å². The van der Waals surface area contributed by atoms with E-state index in [1.54, 1.807) is 13.8 Å².